The summed E-state index contributed by atoms with van der Waals surface area (Å²) in [6.45, 7) is 0. The summed E-state index contributed by atoms with van der Waals surface area (Å²) in [5.74, 6) is -1.09. The molecule has 0 bridgehead atoms. The third-order valence-electron chi connectivity index (χ3n) is 2.69. The molecule has 2 aromatic rings. The second kappa shape index (κ2) is 6.83. The molecule has 0 radical (unpaired) electrons. The number of rotatable bonds is 4. The number of benzene rings is 1. The van der Waals surface area contributed by atoms with E-state index in [0.717, 1.165) is 11.3 Å². The molecule has 0 saturated carbocycles. The zero-order chi connectivity index (χ0) is 16.3. The largest absolute Gasteiger partial charge is 0.465 e. The second-order valence-electron chi connectivity index (χ2n) is 4.03. The van der Waals surface area contributed by atoms with Gasteiger partial charge in [0.25, 0.3) is 11.6 Å². The highest BCUT2D eigenvalue weighted by atomic mass is 127. The third-order valence-corrected chi connectivity index (χ3v) is 4.52. The lowest BCUT2D eigenvalue weighted by molar-refractivity contribution is -0.384. The number of carbonyl (C=O) groups excluding carboxylic acids is 2. The molecule has 1 N–H and O–H groups in total. The fraction of sp³-hybridized carbons (Fsp3) is 0.0769. The van der Waals surface area contributed by atoms with Crippen LogP contribution in [0.15, 0.2) is 29.6 Å². The minimum Gasteiger partial charge on any atom is -0.465 e. The summed E-state index contributed by atoms with van der Waals surface area (Å²) in [7, 11) is 1.25. The van der Waals surface area contributed by atoms with Crippen LogP contribution in [0.2, 0.25) is 0 Å². The maximum atomic E-state index is 12.3. The van der Waals surface area contributed by atoms with E-state index >= 15 is 0 Å². The van der Waals surface area contributed by atoms with Crippen LogP contribution < -0.4 is 5.32 Å². The number of nitro groups is 1. The minimum atomic E-state index is -0.572. The zero-order valence-corrected chi connectivity index (χ0v) is 14.1. The molecule has 114 valence electrons. The van der Waals surface area contributed by atoms with Crippen molar-refractivity contribution in [2.45, 2.75) is 0 Å². The highest BCUT2D eigenvalue weighted by molar-refractivity contribution is 14.1. The summed E-state index contributed by atoms with van der Waals surface area (Å²) in [5, 5.41) is 15.0. The smallest absolute Gasteiger partial charge is 0.350 e. The number of nitro benzene ring substituents is 1. The summed E-state index contributed by atoms with van der Waals surface area (Å²) in [5.41, 5.74) is 0.296. The Morgan fingerprint density at radius 2 is 2.09 bits per heavy atom. The standard InChI is InChI=1S/C13H9IN2O5S/c1-21-13(18)11-10(4-5-22-11)15-12(17)8-6-7(16(19)20)2-3-9(8)14/h2-6H,1H3,(H,15,17). The fourth-order valence-electron chi connectivity index (χ4n) is 1.65. The Kier molecular flexibility index (Phi) is 5.08. The molecule has 1 heterocycles. The van der Waals surface area contributed by atoms with Crippen molar-refractivity contribution in [1.82, 2.24) is 0 Å². The lowest BCUT2D eigenvalue weighted by Gasteiger charge is -2.07. The van der Waals surface area contributed by atoms with Crippen LogP contribution in [0.1, 0.15) is 20.0 Å². The molecule has 0 spiro atoms. The summed E-state index contributed by atoms with van der Waals surface area (Å²) >= 11 is 3.05. The van der Waals surface area contributed by atoms with Gasteiger partial charge in [0.15, 0.2) is 0 Å². The van der Waals surface area contributed by atoms with Crippen LogP contribution in [-0.2, 0) is 4.74 Å². The number of thiophene rings is 1. The van der Waals surface area contributed by atoms with E-state index in [9.17, 15) is 19.7 Å². The average molecular weight is 432 g/mol. The van der Waals surface area contributed by atoms with E-state index in [2.05, 4.69) is 10.1 Å². The van der Waals surface area contributed by atoms with Gasteiger partial charge in [-0.2, -0.15) is 0 Å². The molecule has 1 aromatic heterocycles. The monoisotopic (exact) mass is 432 g/mol. The van der Waals surface area contributed by atoms with Crippen LogP contribution in [0.4, 0.5) is 11.4 Å². The number of ether oxygens (including phenoxy) is 1. The maximum Gasteiger partial charge on any atom is 0.350 e. The molecule has 0 unspecified atom stereocenters. The number of nitrogens with one attached hydrogen (secondary N) is 1. The van der Waals surface area contributed by atoms with Crippen LogP contribution in [0.3, 0.4) is 0 Å². The summed E-state index contributed by atoms with van der Waals surface area (Å²) in [6, 6.07) is 5.58. The highest BCUT2D eigenvalue weighted by Crippen LogP contribution is 2.25. The number of hydrogen-bond acceptors (Lipinski definition) is 6. The Bertz CT molecular complexity index is 759. The maximum absolute atomic E-state index is 12.3. The van der Waals surface area contributed by atoms with Gasteiger partial charge >= 0.3 is 5.97 Å². The molecule has 7 nitrogen and oxygen atoms in total. The van der Waals surface area contributed by atoms with E-state index < -0.39 is 16.8 Å². The summed E-state index contributed by atoms with van der Waals surface area (Å²) < 4.78 is 5.19. The van der Waals surface area contributed by atoms with Crippen molar-refractivity contribution < 1.29 is 19.2 Å². The molecule has 1 aromatic carbocycles. The lowest BCUT2D eigenvalue weighted by atomic mass is 10.2. The van der Waals surface area contributed by atoms with Crippen LogP contribution in [0, 0.1) is 13.7 Å². The highest BCUT2D eigenvalue weighted by Gasteiger charge is 2.19. The van der Waals surface area contributed by atoms with Gasteiger partial charge in [0, 0.05) is 15.7 Å². The van der Waals surface area contributed by atoms with Crippen molar-refractivity contribution in [3.05, 3.63) is 53.8 Å². The molecule has 0 aliphatic carbocycles. The Hall–Kier alpha value is -2.01. The average Bonchev–Trinajstić information content (AvgIpc) is 2.94. The molecular formula is C13H9IN2O5S. The van der Waals surface area contributed by atoms with Gasteiger partial charge in [-0.1, -0.05) is 0 Å². The SMILES string of the molecule is COC(=O)c1sccc1NC(=O)c1cc([N+](=O)[O-])ccc1I. The molecular weight excluding hydrogens is 423 g/mol. The minimum absolute atomic E-state index is 0.164. The van der Waals surface area contributed by atoms with E-state index in [-0.39, 0.29) is 16.1 Å². The first-order chi connectivity index (χ1) is 10.4. The molecule has 0 fully saturated rings. The number of carbonyl (C=O) groups is 2. The Balaban J connectivity index is 2.30. The van der Waals surface area contributed by atoms with Gasteiger partial charge in [0.05, 0.1) is 23.3 Å². The van der Waals surface area contributed by atoms with Gasteiger partial charge in [0.1, 0.15) is 4.88 Å². The quantitative estimate of drug-likeness (QED) is 0.346. The molecule has 9 heteroatoms. The van der Waals surface area contributed by atoms with Gasteiger partial charge in [-0.15, -0.1) is 11.3 Å². The van der Waals surface area contributed by atoms with Crippen LogP contribution >= 0.6 is 33.9 Å². The van der Waals surface area contributed by atoms with Gasteiger partial charge < -0.3 is 10.1 Å². The summed E-state index contributed by atoms with van der Waals surface area (Å²) in [6.07, 6.45) is 0. The molecule has 22 heavy (non-hydrogen) atoms. The van der Waals surface area contributed by atoms with Gasteiger partial charge in [0.2, 0.25) is 0 Å². The number of nitrogens with zero attached hydrogens (tertiary/aromatic N) is 1. The number of hydrogen-bond donors (Lipinski definition) is 1. The van der Waals surface area contributed by atoms with Crippen molar-refractivity contribution in [2.24, 2.45) is 0 Å². The molecule has 0 atom stereocenters. The number of esters is 1. The molecule has 1 amide bonds. The van der Waals surface area contributed by atoms with E-state index in [1.54, 1.807) is 11.4 Å². The van der Waals surface area contributed by atoms with Crippen molar-refractivity contribution >= 4 is 57.2 Å². The van der Waals surface area contributed by atoms with Crippen molar-refractivity contribution in [2.75, 3.05) is 12.4 Å². The van der Waals surface area contributed by atoms with E-state index in [1.807, 2.05) is 22.6 Å². The molecule has 0 aliphatic heterocycles. The first kappa shape index (κ1) is 16.4. The van der Waals surface area contributed by atoms with Gasteiger partial charge in [-0.3, -0.25) is 14.9 Å². The molecule has 0 aliphatic rings. The van der Waals surface area contributed by atoms with Crippen LogP contribution in [0.25, 0.3) is 0 Å². The number of anilines is 1. The van der Waals surface area contributed by atoms with Crippen molar-refractivity contribution in [3.8, 4) is 0 Å². The topological polar surface area (TPSA) is 98.5 Å². The van der Waals surface area contributed by atoms with Gasteiger partial charge in [-0.25, -0.2) is 4.79 Å². The first-order valence-corrected chi connectivity index (χ1v) is 7.81. The number of amides is 1. The first-order valence-electron chi connectivity index (χ1n) is 5.85. The van der Waals surface area contributed by atoms with Gasteiger partial charge in [-0.05, 0) is 40.1 Å². The third kappa shape index (κ3) is 3.42. The number of non-ortho nitro benzene ring substituents is 1. The van der Waals surface area contributed by atoms with Crippen LogP contribution in [0.5, 0.6) is 0 Å². The Labute approximate surface area is 142 Å². The lowest BCUT2D eigenvalue weighted by Crippen LogP contribution is -2.15. The number of halogens is 1. The predicted molar refractivity (Wildman–Crippen MR) is 89.4 cm³/mol. The second-order valence-corrected chi connectivity index (χ2v) is 6.11. The van der Waals surface area contributed by atoms with E-state index in [0.29, 0.717) is 9.26 Å². The Morgan fingerprint density at radius 3 is 2.73 bits per heavy atom. The molecule has 0 saturated heterocycles. The van der Waals surface area contributed by atoms with E-state index in [1.165, 1.54) is 25.3 Å². The fourth-order valence-corrected chi connectivity index (χ4v) is 3.00. The normalized spacial score (nSPS) is 10.1. The molecule has 2 rings (SSSR count). The Morgan fingerprint density at radius 1 is 1.36 bits per heavy atom. The summed E-state index contributed by atoms with van der Waals surface area (Å²) in [4.78, 5) is 34.3. The number of methoxy groups -OCH3 is 1. The van der Waals surface area contributed by atoms with E-state index in [4.69, 9.17) is 0 Å². The predicted octanol–water partition coefficient (Wildman–Crippen LogP) is 3.30. The van der Waals surface area contributed by atoms with Crippen molar-refractivity contribution in [1.29, 1.82) is 0 Å². The van der Waals surface area contributed by atoms with Crippen molar-refractivity contribution in [3.63, 3.8) is 0 Å². The zero-order valence-electron chi connectivity index (χ0n) is 11.2. The van der Waals surface area contributed by atoms with Crippen LogP contribution in [-0.4, -0.2) is 23.9 Å².